The maximum absolute atomic E-state index is 14.5. The van der Waals surface area contributed by atoms with Gasteiger partial charge in [0, 0.05) is 44.0 Å². The summed E-state index contributed by atoms with van der Waals surface area (Å²) in [6, 6.07) is 15.7. The summed E-state index contributed by atoms with van der Waals surface area (Å²) in [4.78, 5) is 32.9. The molecule has 0 unspecified atom stereocenters. The van der Waals surface area contributed by atoms with Crippen LogP contribution in [0.2, 0.25) is 0 Å². The summed E-state index contributed by atoms with van der Waals surface area (Å²) in [5.41, 5.74) is 3.27. The quantitative estimate of drug-likeness (QED) is 0.430. The van der Waals surface area contributed by atoms with Crippen molar-refractivity contribution in [2.75, 3.05) is 38.0 Å². The Hall–Kier alpha value is -4.04. The second-order valence-electron chi connectivity index (χ2n) is 9.47. The predicted octanol–water partition coefficient (Wildman–Crippen LogP) is 4.93. The zero-order chi connectivity index (χ0) is 27.1. The first-order valence-electron chi connectivity index (χ1n) is 12.7. The van der Waals surface area contributed by atoms with Crippen LogP contribution in [0.25, 0.3) is 0 Å². The average Bonchev–Trinajstić information content (AvgIpc) is 3.16. The zero-order valence-corrected chi connectivity index (χ0v) is 21.8. The molecule has 198 valence electrons. The molecule has 0 saturated carbocycles. The van der Waals surface area contributed by atoms with Crippen LogP contribution >= 0.6 is 0 Å². The number of halogens is 1. The highest BCUT2D eigenvalue weighted by molar-refractivity contribution is 6.04. The largest absolute Gasteiger partial charge is 0.484 e. The number of pyridine rings is 1. The summed E-state index contributed by atoms with van der Waals surface area (Å²) < 4.78 is 20.8. The fraction of sp³-hybridized carbons (Fsp3) is 0.300. The minimum atomic E-state index is -0.440. The van der Waals surface area contributed by atoms with Gasteiger partial charge in [0.05, 0.1) is 11.9 Å². The fourth-order valence-electron chi connectivity index (χ4n) is 4.35. The molecule has 1 saturated heterocycles. The van der Waals surface area contributed by atoms with E-state index in [4.69, 9.17) is 4.74 Å². The van der Waals surface area contributed by atoms with E-state index in [2.05, 4.69) is 21.8 Å². The summed E-state index contributed by atoms with van der Waals surface area (Å²) in [6.45, 7) is 10.5. The van der Waals surface area contributed by atoms with Crippen LogP contribution in [0.1, 0.15) is 39.7 Å². The fourth-order valence-corrected chi connectivity index (χ4v) is 4.35. The number of aromatic nitrogens is 1. The normalized spacial score (nSPS) is 14.9. The molecule has 0 spiro atoms. The van der Waals surface area contributed by atoms with Gasteiger partial charge in [0.2, 0.25) is 5.91 Å². The Morgan fingerprint density at radius 3 is 2.55 bits per heavy atom. The Labute approximate surface area is 222 Å². The summed E-state index contributed by atoms with van der Waals surface area (Å²) in [5.74, 6) is -0.0271. The van der Waals surface area contributed by atoms with Gasteiger partial charge in [-0.25, -0.2) is 4.39 Å². The number of ether oxygens (including phenoxy) is 1. The van der Waals surface area contributed by atoms with Crippen molar-refractivity contribution in [3.05, 3.63) is 102 Å². The number of nitrogens with zero attached hydrogens (tertiary/aromatic N) is 3. The summed E-state index contributed by atoms with van der Waals surface area (Å²) in [7, 11) is 0. The lowest BCUT2D eigenvalue weighted by Gasteiger charge is -2.27. The molecule has 1 N–H and O–H groups in total. The molecule has 2 aromatic carbocycles. The lowest BCUT2D eigenvalue weighted by atomic mass is 10.1. The monoisotopic (exact) mass is 516 g/mol. The number of rotatable bonds is 8. The maximum Gasteiger partial charge on any atom is 0.255 e. The van der Waals surface area contributed by atoms with Gasteiger partial charge in [0.15, 0.2) is 0 Å². The molecule has 2 heterocycles. The van der Waals surface area contributed by atoms with E-state index >= 15 is 0 Å². The van der Waals surface area contributed by atoms with Gasteiger partial charge in [0.25, 0.3) is 5.91 Å². The third-order valence-electron chi connectivity index (χ3n) is 6.63. The second kappa shape index (κ2) is 12.5. The number of hydrogen-bond donors (Lipinski definition) is 1. The van der Waals surface area contributed by atoms with E-state index in [-0.39, 0.29) is 17.6 Å². The molecule has 1 atom stereocenters. The molecular formula is C30H33FN4O3. The molecule has 38 heavy (non-hydrogen) atoms. The van der Waals surface area contributed by atoms with Crippen molar-refractivity contribution in [1.82, 2.24) is 14.8 Å². The van der Waals surface area contributed by atoms with Crippen LogP contribution in [0.3, 0.4) is 0 Å². The number of carbonyl (C=O) groups excluding carboxylic acids is 2. The minimum absolute atomic E-state index is 0.0666. The number of carbonyl (C=O) groups is 2. The smallest absolute Gasteiger partial charge is 0.255 e. The van der Waals surface area contributed by atoms with E-state index in [1.54, 1.807) is 54.4 Å². The Morgan fingerprint density at radius 1 is 1.08 bits per heavy atom. The van der Waals surface area contributed by atoms with Gasteiger partial charge >= 0.3 is 0 Å². The number of anilines is 1. The summed E-state index contributed by atoms with van der Waals surface area (Å²) in [5, 5.41) is 2.83. The Morgan fingerprint density at radius 2 is 1.87 bits per heavy atom. The van der Waals surface area contributed by atoms with E-state index in [1.807, 2.05) is 19.1 Å². The van der Waals surface area contributed by atoms with Crippen LogP contribution in [-0.2, 0) is 4.79 Å². The predicted molar refractivity (Wildman–Crippen MR) is 146 cm³/mol. The molecule has 0 bridgehead atoms. The van der Waals surface area contributed by atoms with Crippen LogP contribution in [0.15, 0.2) is 73.4 Å². The van der Waals surface area contributed by atoms with E-state index in [1.165, 1.54) is 12.1 Å². The molecule has 7 nitrogen and oxygen atoms in total. The van der Waals surface area contributed by atoms with Crippen LogP contribution in [0.5, 0.6) is 5.75 Å². The molecule has 8 heteroatoms. The molecule has 0 aliphatic carbocycles. The molecule has 1 aromatic heterocycles. The highest BCUT2D eigenvalue weighted by Crippen LogP contribution is 2.26. The van der Waals surface area contributed by atoms with Crippen molar-refractivity contribution in [3.8, 4) is 5.75 Å². The number of nitrogens with one attached hydrogen (secondary N) is 1. The van der Waals surface area contributed by atoms with Crippen molar-refractivity contribution < 1.29 is 18.7 Å². The van der Waals surface area contributed by atoms with Crippen LogP contribution in [-0.4, -0.2) is 59.3 Å². The molecule has 1 fully saturated rings. The second-order valence-corrected chi connectivity index (χ2v) is 9.47. The van der Waals surface area contributed by atoms with Gasteiger partial charge < -0.3 is 15.0 Å². The first kappa shape index (κ1) is 27.0. The van der Waals surface area contributed by atoms with Gasteiger partial charge in [-0.2, -0.15) is 0 Å². The number of amides is 2. The first-order chi connectivity index (χ1) is 18.3. The topological polar surface area (TPSA) is 74.8 Å². The molecule has 1 aliphatic rings. The maximum atomic E-state index is 14.5. The molecule has 0 radical (unpaired) electrons. The first-order valence-corrected chi connectivity index (χ1v) is 12.7. The van der Waals surface area contributed by atoms with E-state index < -0.39 is 6.10 Å². The molecule has 1 aliphatic heterocycles. The Kier molecular flexibility index (Phi) is 8.86. The lowest BCUT2D eigenvalue weighted by molar-refractivity contribution is -0.125. The number of benzene rings is 2. The highest BCUT2D eigenvalue weighted by atomic mass is 19.1. The van der Waals surface area contributed by atoms with Gasteiger partial charge in [-0.15, -0.1) is 0 Å². The third-order valence-corrected chi connectivity index (χ3v) is 6.63. The third kappa shape index (κ3) is 7.04. The van der Waals surface area contributed by atoms with Crippen molar-refractivity contribution in [2.45, 2.75) is 26.4 Å². The van der Waals surface area contributed by atoms with Crippen LogP contribution < -0.4 is 10.1 Å². The van der Waals surface area contributed by atoms with E-state index in [0.29, 0.717) is 48.7 Å². The van der Waals surface area contributed by atoms with Crippen LogP contribution in [0.4, 0.5) is 10.1 Å². The van der Waals surface area contributed by atoms with Gasteiger partial charge in [-0.05, 0) is 79.9 Å². The van der Waals surface area contributed by atoms with Gasteiger partial charge in [-0.1, -0.05) is 18.7 Å². The van der Waals surface area contributed by atoms with Crippen molar-refractivity contribution in [3.63, 3.8) is 0 Å². The molecule has 4 rings (SSSR count). The number of hydrogen-bond acceptors (Lipinski definition) is 5. The standard InChI is InChI=1S/C30H33FN4O3/c1-4-29(36)35-15-5-14-34(16-17-35)20-28(24-8-6-21(2)27(31)18-24)38-26-12-9-23(10-13-26)30(37)33-25-11-7-22(3)32-19-25/h4,6-13,18-19,28H,1,5,14-17,20H2,2-3H3,(H,33,37)/t28-/m1/s1. The molecule has 3 aromatic rings. The van der Waals surface area contributed by atoms with E-state index in [9.17, 15) is 14.0 Å². The van der Waals surface area contributed by atoms with Gasteiger partial charge in [-0.3, -0.25) is 19.5 Å². The van der Waals surface area contributed by atoms with E-state index in [0.717, 1.165) is 24.2 Å². The van der Waals surface area contributed by atoms with Gasteiger partial charge in [0.1, 0.15) is 17.7 Å². The molecular weight excluding hydrogens is 483 g/mol. The van der Waals surface area contributed by atoms with Crippen molar-refractivity contribution >= 4 is 17.5 Å². The van der Waals surface area contributed by atoms with Crippen molar-refractivity contribution in [2.24, 2.45) is 0 Å². The highest BCUT2D eigenvalue weighted by Gasteiger charge is 2.23. The van der Waals surface area contributed by atoms with Crippen LogP contribution in [0, 0.1) is 19.7 Å². The molecule has 2 amide bonds. The average molecular weight is 517 g/mol. The summed E-state index contributed by atoms with van der Waals surface area (Å²) >= 11 is 0. The summed E-state index contributed by atoms with van der Waals surface area (Å²) in [6.07, 6.45) is 3.35. The minimum Gasteiger partial charge on any atom is -0.484 e. The SMILES string of the molecule is C=CC(=O)N1CCCN(C[C@@H](Oc2ccc(C(=O)Nc3ccc(C)nc3)cc2)c2ccc(C)c(F)c2)CC1. The number of aryl methyl sites for hydroxylation is 2. The Bertz CT molecular complexity index is 1280. The zero-order valence-electron chi connectivity index (χ0n) is 21.8. The Balaban J connectivity index is 1.47. The lowest BCUT2D eigenvalue weighted by Crippen LogP contribution is -2.36. The van der Waals surface area contributed by atoms with Crippen molar-refractivity contribution in [1.29, 1.82) is 0 Å².